The summed E-state index contributed by atoms with van der Waals surface area (Å²) in [5, 5.41) is 16.6. The van der Waals surface area contributed by atoms with Crippen molar-refractivity contribution in [3.8, 4) is 6.07 Å². The number of amides is 1. The molecule has 0 aliphatic heterocycles. The van der Waals surface area contributed by atoms with Gasteiger partial charge in [0.1, 0.15) is 11.1 Å². The van der Waals surface area contributed by atoms with Gasteiger partial charge in [-0.25, -0.2) is 0 Å². The van der Waals surface area contributed by atoms with Crippen molar-refractivity contribution in [2.24, 2.45) is 0 Å². The SMILES string of the molecule is N#Cc1c(NC(=S)NC(=O)c2cc(Cl)cc(Cl)c2)sc2c1CCCC2. The predicted octanol–water partition coefficient (Wildman–Crippen LogP) is 4.93. The Morgan fingerprint density at radius 1 is 1.20 bits per heavy atom. The van der Waals surface area contributed by atoms with E-state index in [0.29, 0.717) is 26.2 Å². The van der Waals surface area contributed by atoms with Crippen LogP contribution >= 0.6 is 46.8 Å². The number of nitrogens with zero attached hydrogens (tertiary/aromatic N) is 1. The second-order valence-corrected chi connectivity index (χ2v) is 7.98. The second-order valence-electron chi connectivity index (χ2n) is 5.59. The van der Waals surface area contributed by atoms with E-state index in [-0.39, 0.29) is 5.11 Å². The highest BCUT2D eigenvalue weighted by Gasteiger charge is 2.21. The van der Waals surface area contributed by atoms with Crippen molar-refractivity contribution in [2.75, 3.05) is 5.32 Å². The van der Waals surface area contributed by atoms with E-state index in [1.165, 1.54) is 28.3 Å². The maximum absolute atomic E-state index is 12.3. The topological polar surface area (TPSA) is 64.9 Å². The molecule has 0 saturated heterocycles. The molecular weight excluding hydrogens is 397 g/mol. The van der Waals surface area contributed by atoms with E-state index in [9.17, 15) is 10.1 Å². The van der Waals surface area contributed by atoms with Gasteiger partial charge in [0.2, 0.25) is 0 Å². The van der Waals surface area contributed by atoms with E-state index < -0.39 is 5.91 Å². The van der Waals surface area contributed by atoms with E-state index in [2.05, 4.69) is 16.7 Å². The summed E-state index contributed by atoms with van der Waals surface area (Å²) in [6.45, 7) is 0. The van der Waals surface area contributed by atoms with Crippen LogP contribution in [0.3, 0.4) is 0 Å². The van der Waals surface area contributed by atoms with E-state index >= 15 is 0 Å². The minimum atomic E-state index is -0.415. The fourth-order valence-corrected chi connectivity index (χ4v) is 4.80. The fourth-order valence-electron chi connectivity index (χ4n) is 2.77. The number of carbonyl (C=O) groups excluding carboxylic acids is 1. The number of benzene rings is 1. The van der Waals surface area contributed by atoms with Crippen molar-refractivity contribution in [2.45, 2.75) is 25.7 Å². The number of rotatable bonds is 2. The van der Waals surface area contributed by atoms with Crippen LogP contribution in [0.25, 0.3) is 0 Å². The Hall–Kier alpha value is -1.65. The van der Waals surface area contributed by atoms with Crippen molar-refractivity contribution in [1.82, 2.24) is 5.32 Å². The summed E-state index contributed by atoms with van der Waals surface area (Å²) in [6, 6.07) is 6.82. The third kappa shape index (κ3) is 4.13. The molecule has 3 rings (SSSR count). The summed E-state index contributed by atoms with van der Waals surface area (Å²) < 4.78 is 0. The van der Waals surface area contributed by atoms with Crippen LogP contribution in [-0.4, -0.2) is 11.0 Å². The van der Waals surface area contributed by atoms with Crippen molar-refractivity contribution in [3.63, 3.8) is 0 Å². The Labute approximate surface area is 164 Å². The molecular formula is C17H13Cl2N3OS2. The molecule has 2 N–H and O–H groups in total. The molecule has 0 fully saturated rings. The Bertz CT molecular complexity index is 882. The van der Waals surface area contributed by atoms with E-state index in [1.54, 1.807) is 6.07 Å². The zero-order valence-corrected chi connectivity index (χ0v) is 16.1. The largest absolute Gasteiger partial charge is 0.323 e. The zero-order chi connectivity index (χ0) is 18.0. The van der Waals surface area contributed by atoms with Gasteiger partial charge >= 0.3 is 0 Å². The molecule has 1 aliphatic carbocycles. The molecule has 0 unspecified atom stereocenters. The number of hydrogen-bond donors (Lipinski definition) is 2. The summed E-state index contributed by atoms with van der Waals surface area (Å²) in [4.78, 5) is 13.5. The first-order valence-electron chi connectivity index (χ1n) is 7.61. The van der Waals surface area contributed by atoms with Crippen LogP contribution in [0.5, 0.6) is 0 Å². The molecule has 128 valence electrons. The van der Waals surface area contributed by atoms with Crippen molar-refractivity contribution >= 4 is 62.8 Å². The summed E-state index contributed by atoms with van der Waals surface area (Å²) in [5.41, 5.74) is 2.05. The summed E-state index contributed by atoms with van der Waals surface area (Å²) >= 11 is 18.6. The van der Waals surface area contributed by atoms with Crippen molar-refractivity contribution in [1.29, 1.82) is 5.26 Å². The number of fused-ring (bicyclic) bond motifs is 1. The Kier molecular flexibility index (Phi) is 5.60. The van der Waals surface area contributed by atoms with Crippen LogP contribution in [-0.2, 0) is 12.8 Å². The number of anilines is 1. The molecule has 0 saturated carbocycles. The van der Waals surface area contributed by atoms with Gasteiger partial charge in [0, 0.05) is 20.5 Å². The maximum atomic E-state index is 12.3. The molecule has 25 heavy (non-hydrogen) atoms. The average molecular weight is 410 g/mol. The highest BCUT2D eigenvalue weighted by atomic mass is 35.5. The molecule has 1 aromatic carbocycles. The molecule has 0 spiro atoms. The summed E-state index contributed by atoms with van der Waals surface area (Å²) in [5.74, 6) is -0.415. The van der Waals surface area contributed by atoms with Crippen LogP contribution in [0.1, 0.15) is 39.2 Å². The third-order valence-corrected chi connectivity index (χ3v) is 5.71. The average Bonchev–Trinajstić information content (AvgIpc) is 2.90. The van der Waals surface area contributed by atoms with Gasteiger partial charge in [-0.15, -0.1) is 11.3 Å². The zero-order valence-electron chi connectivity index (χ0n) is 13.0. The highest BCUT2D eigenvalue weighted by Crippen LogP contribution is 2.37. The fraction of sp³-hybridized carbons (Fsp3) is 0.235. The summed E-state index contributed by atoms with van der Waals surface area (Å²) in [6.07, 6.45) is 4.12. The van der Waals surface area contributed by atoms with Gasteiger partial charge in [-0.1, -0.05) is 23.2 Å². The van der Waals surface area contributed by atoms with Gasteiger partial charge in [-0.05, 0) is 61.7 Å². The lowest BCUT2D eigenvalue weighted by Gasteiger charge is -2.10. The number of nitriles is 1. The van der Waals surface area contributed by atoms with Gasteiger partial charge in [-0.2, -0.15) is 5.26 Å². The van der Waals surface area contributed by atoms with Crippen LogP contribution in [0, 0.1) is 11.3 Å². The molecule has 1 aliphatic rings. The highest BCUT2D eigenvalue weighted by molar-refractivity contribution is 7.80. The number of hydrogen-bond acceptors (Lipinski definition) is 4. The molecule has 0 atom stereocenters. The molecule has 0 radical (unpaired) electrons. The van der Waals surface area contributed by atoms with E-state index in [4.69, 9.17) is 35.4 Å². The Morgan fingerprint density at radius 3 is 2.56 bits per heavy atom. The molecule has 1 heterocycles. The van der Waals surface area contributed by atoms with Crippen LogP contribution < -0.4 is 10.6 Å². The van der Waals surface area contributed by atoms with Crippen molar-refractivity contribution < 1.29 is 4.79 Å². The number of aryl methyl sites for hydroxylation is 1. The quantitative estimate of drug-likeness (QED) is 0.689. The minimum Gasteiger partial charge on any atom is -0.323 e. The standard InChI is InChI=1S/C17H13Cl2N3OS2/c18-10-5-9(6-11(19)7-10)15(23)21-17(24)22-16-13(8-20)12-3-1-2-4-14(12)25-16/h5-7H,1-4H2,(H2,21,22,23,24). The minimum absolute atomic E-state index is 0.135. The number of nitrogens with one attached hydrogen (secondary N) is 2. The number of thiocarbonyl (C=S) groups is 1. The first-order valence-corrected chi connectivity index (χ1v) is 9.59. The molecule has 0 bridgehead atoms. The molecule has 2 aromatic rings. The molecule has 8 heteroatoms. The molecule has 1 amide bonds. The lowest BCUT2D eigenvalue weighted by Crippen LogP contribution is -2.34. The van der Waals surface area contributed by atoms with Gasteiger partial charge in [0.25, 0.3) is 5.91 Å². The van der Waals surface area contributed by atoms with Crippen LogP contribution in [0.2, 0.25) is 10.0 Å². The molecule has 1 aromatic heterocycles. The van der Waals surface area contributed by atoms with Crippen LogP contribution in [0.4, 0.5) is 5.00 Å². The van der Waals surface area contributed by atoms with E-state index in [1.807, 2.05) is 0 Å². The molecule has 4 nitrogen and oxygen atoms in total. The maximum Gasteiger partial charge on any atom is 0.257 e. The summed E-state index contributed by atoms with van der Waals surface area (Å²) in [7, 11) is 0. The van der Waals surface area contributed by atoms with Crippen molar-refractivity contribution in [3.05, 3.63) is 49.8 Å². The van der Waals surface area contributed by atoms with Gasteiger partial charge in [0.05, 0.1) is 5.56 Å². The predicted molar refractivity (Wildman–Crippen MR) is 106 cm³/mol. The number of carbonyl (C=O) groups is 1. The normalized spacial score (nSPS) is 12.8. The number of halogens is 2. The Morgan fingerprint density at radius 2 is 1.88 bits per heavy atom. The lowest BCUT2D eigenvalue weighted by molar-refractivity contribution is 0.0977. The smallest absolute Gasteiger partial charge is 0.257 e. The lowest BCUT2D eigenvalue weighted by atomic mass is 9.96. The first kappa shape index (κ1) is 18.2. The second kappa shape index (κ2) is 7.71. The number of thiophene rings is 1. The monoisotopic (exact) mass is 409 g/mol. The Balaban J connectivity index is 1.74. The van der Waals surface area contributed by atoms with E-state index in [0.717, 1.165) is 31.2 Å². The van der Waals surface area contributed by atoms with Crippen LogP contribution in [0.15, 0.2) is 18.2 Å². The third-order valence-electron chi connectivity index (χ3n) is 3.86. The van der Waals surface area contributed by atoms with Gasteiger partial charge < -0.3 is 5.32 Å². The van der Waals surface area contributed by atoms with Gasteiger partial charge in [0.15, 0.2) is 5.11 Å². The van der Waals surface area contributed by atoms with Gasteiger partial charge in [-0.3, -0.25) is 10.1 Å². The first-order chi connectivity index (χ1) is 12.0.